The lowest BCUT2D eigenvalue weighted by molar-refractivity contribution is 0.0692. The zero-order valence-electron chi connectivity index (χ0n) is 8.29. The van der Waals surface area contributed by atoms with Gasteiger partial charge in [0.1, 0.15) is 6.04 Å². The van der Waals surface area contributed by atoms with Crippen molar-refractivity contribution in [3.05, 3.63) is 0 Å². The minimum Gasteiger partial charge on any atom is -0.376 e. The Morgan fingerprint density at radius 2 is 1.92 bits per heavy atom. The summed E-state index contributed by atoms with van der Waals surface area (Å²) in [6.07, 6.45) is 0.190. The van der Waals surface area contributed by atoms with Crippen LogP contribution in [0, 0.1) is 11.3 Å². The number of ether oxygens (including phenoxy) is 1. The first-order valence-electron chi connectivity index (χ1n) is 4.33. The molecule has 1 N–H and O–H groups in total. The molecule has 0 aromatic rings. The Hall–Kier alpha value is -0.590. The fourth-order valence-corrected chi connectivity index (χ4v) is 0.814. The molecule has 0 saturated carbocycles. The van der Waals surface area contributed by atoms with Crippen LogP contribution < -0.4 is 5.32 Å². The first kappa shape index (κ1) is 11.4. The molecule has 0 spiro atoms. The third-order valence-corrected chi connectivity index (χ3v) is 1.29. The second-order valence-electron chi connectivity index (χ2n) is 3.39. The number of nitrogens with one attached hydrogen (secondary N) is 1. The molecule has 0 heterocycles. The second kappa shape index (κ2) is 5.99. The Morgan fingerprint density at radius 3 is 2.25 bits per heavy atom. The van der Waals surface area contributed by atoms with Crippen molar-refractivity contribution in [2.24, 2.45) is 0 Å². The topological polar surface area (TPSA) is 45.0 Å². The van der Waals surface area contributed by atoms with Crippen molar-refractivity contribution in [2.45, 2.75) is 45.9 Å². The van der Waals surface area contributed by atoms with Gasteiger partial charge in [-0.05, 0) is 27.7 Å². The highest BCUT2D eigenvalue weighted by atomic mass is 16.5. The van der Waals surface area contributed by atoms with E-state index < -0.39 is 0 Å². The highest BCUT2D eigenvalue weighted by Crippen LogP contribution is 1.92. The third kappa shape index (κ3) is 6.14. The van der Waals surface area contributed by atoms with Crippen LogP contribution in [0.25, 0.3) is 0 Å². The van der Waals surface area contributed by atoms with Gasteiger partial charge in [-0.15, -0.1) is 0 Å². The van der Waals surface area contributed by atoms with Gasteiger partial charge in [-0.25, -0.2) is 0 Å². The third-order valence-electron chi connectivity index (χ3n) is 1.29. The van der Waals surface area contributed by atoms with Crippen LogP contribution in [-0.4, -0.2) is 24.8 Å². The molecule has 0 fully saturated rings. The fourth-order valence-electron chi connectivity index (χ4n) is 0.814. The summed E-state index contributed by atoms with van der Waals surface area (Å²) in [6.45, 7) is 8.42. The molecule has 0 aliphatic heterocycles. The average Bonchev–Trinajstić information content (AvgIpc) is 1.97. The molecule has 0 rings (SSSR count). The summed E-state index contributed by atoms with van der Waals surface area (Å²) in [4.78, 5) is 0. The van der Waals surface area contributed by atoms with E-state index in [1.54, 1.807) is 0 Å². The first-order valence-corrected chi connectivity index (χ1v) is 4.33. The molecule has 0 aliphatic carbocycles. The number of nitrogens with zero attached hydrogens (tertiary/aromatic N) is 1. The lowest BCUT2D eigenvalue weighted by Crippen LogP contribution is -2.37. The van der Waals surface area contributed by atoms with Gasteiger partial charge in [-0.3, -0.25) is 5.32 Å². The molecule has 0 aliphatic rings. The quantitative estimate of drug-likeness (QED) is 0.676. The largest absolute Gasteiger partial charge is 0.376 e. The van der Waals surface area contributed by atoms with Crippen LogP contribution in [0.4, 0.5) is 0 Å². The zero-order valence-corrected chi connectivity index (χ0v) is 8.29. The van der Waals surface area contributed by atoms with Crippen LogP contribution in [0.1, 0.15) is 27.7 Å². The van der Waals surface area contributed by atoms with E-state index >= 15 is 0 Å². The summed E-state index contributed by atoms with van der Waals surface area (Å²) in [5.74, 6) is 0. The van der Waals surface area contributed by atoms with Crippen LogP contribution in [0.15, 0.2) is 0 Å². The molecular weight excluding hydrogens is 152 g/mol. The predicted molar refractivity (Wildman–Crippen MR) is 48.8 cm³/mol. The van der Waals surface area contributed by atoms with Gasteiger partial charge in [0.2, 0.25) is 0 Å². The van der Waals surface area contributed by atoms with E-state index in [1.165, 1.54) is 0 Å². The molecule has 12 heavy (non-hydrogen) atoms. The van der Waals surface area contributed by atoms with Crippen molar-refractivity contribution in [2.75, 3.05) is 6.61 Å². The Bertz CT molecular complexity index is 149. The van der Waals surface area contributed by atoms with E-state index in [9.17, 15) is 0 Å². The van der Waals surface area contributed by atoms with Crippen molar-refractivity contribution in [1.82, 2.24) is 5.32 Å². The second-order valence-corrected chi connectivity index (χ2v) is 3.39. The van der Waals surface area contributed by atoms with Gasteiger partial charge in [-0.1, -0.05) is 0 Å². The number of hydrogen-bond donors (Lipinski definition) is 1. The molecule has 0 amide bonds. The monoisotopic (exact) mass is 170 g/mol. The van der Waals surface area contributed by atoms with Crippen LogP contribution in [0.3, 0.4) is 0 Å². The molecule has 0 radical (unpaired) electrons. The lowest BCUT2D eigenvalue weighted by Gasteiger charge is -2.15. The Labute approximate surface area is 74.7 Å². The molecule has 3 heteroatoms. The summed E-state index contributed by atoms with van der Waals surface area (Å²) in [6, 6.07) is 2.29. The normalized spacial score (nSPS) is 13.4. The number of hydrogen-bond acceptors (Lipinski definition) is 3. The van der Waals surface area contributed by atoms with Gasteiger partial charge in [0, 0.05) is 6.04 Å². The van der Waals surface area contributed by atoms with Crippen LogP contribution in [0.5, 0.6) is 0 Å². The van der Waals surface area contributed by atoms with E-state index in [0.717, 1.165) is 0 Å². The SMILES string of the molecule is CC(C)NC(C#N)COC(C)C. The van der Waals surface area contributed by atoms with Crippen LogP contribution >= 0.6 is 0 Å². The molecule has 70 valence electrons. The maximum absolute atomic E-state index is 8.70. The van der Waals surface area contributed by atoms with E-state index in [1.807, 2.05) is 27.7 Å². The summed E-state index contributed by atoms with van der Waals surface area (Å²) in [7, 11) is 0. The van der Waals surface area contributed by atoms with E-state index in [2.05, 4.69) is 11.4 Å². The standard InChI is InChI=1S/C9H18N2O/c1-7(2)11-9(5-10)6-12-8(3)4/h7-9,11H,6H2,1-4H3. The van der Waals surface area contributed by atoms with Gasteiger partial charge in [0.25, 0.3) is 0 Å². The first-order chi connectivity index (χ1) is 5.56. The molecule has 0 bridgehead atoms. The van der Waals surface area contributed by atoms with Crippen molar-refractivity contribution in [1.29, 1.82) is 5.26 Å². The molecule has 0 aromatic carbocycles. The van der Waals surface area contributed by atoms with E-state index in [-0.39, 0.29) is 12.1 Å². The predicted octanol–water partition coefficient (Wildman–Crippen LogP) is 1.30. The number of rotatable bonds is 5. The van der Waals surface area contributed by atoms with Gasteiger partial charge in [-0.2, -0.15) is 5.26 Å². The van der Waals surface area contributed by atoms with E-state index in [4.69, 9.17) is 10.00 Å². The molecular formula is C9H18N2O. The molecule has 3 nitrogen and oxygen atoms in total. The van der Waals surface area contributed by atoms with Crippen LogP contribution in [-0.2, 0) is 4.74 Å². The molecule has 1 unspecified atom stereocenters. The van der Waals surface area contributed by atoms with Crippen molar-refractivity contribution < 1.29 is 4.74 Å². The Balaban J connectivity index is 3.63. The zero-order chi connectivity index (χ0) is 9.56. The highest BCUT2D eigenvalue weighted by molar-refractivity contribution is 4.90. The van der Waals surface area contributed by atoms with Crippen molar-refractivity contribution in [3.63, 3.8) is 0 Å². The fraction of sp³-hybridized carbons (Fsp3) is 0.889. The Kier molecular flexibility index (Phi) is 5.69. The molecule has 0 aromatic heterocycles. The summed E-state index contributed by atoms with van der Waals surface area (Å²) in [5, 5.41) is 11.8. The summed E-state index contributed by atoms with van der Waals surface area (Å²) >= 11 is 0. The summed E-state index contributed by atoms with van der Waals surface area (Å²) in [5.41, 5.74) is 0. The number of nitriles is 1. The minimum absolute atomic E-state index is 0.188. The maximum atomic E-state index is 8.70. The Morgan fingerprint density at radius 1 is 1.33 bits per heavy atom. The van der Waals surface area contributed by atoms with Gasteiger partial charge in [0.05, 0.1) is 18.8 Å². The van der Waals surface area contributed by atoms with E-state index in [0.29, 0.717) is 12.6 Å². The molecule has 0 saturated heterocycles. The van der Waals surface area contributed by atoms with Gasteiger partial charge in [0.15, 0.2) is 0 Å². The van der Waals surface area contributed by atoms with Crippen molar-refractivity contribution in [3.8, 4) is 6.07 Å². The molecule has 1 atom stereocenters. The minimum atomic E-state index is -0.188. The average molecular weight is 170 g/mol. The smallest absolute Gasteiger partial charge is 0.119 e. The van der Waals surface area contributed by atoms with Gasteiger partial charge >= 0.3 is 0 Å². The lowest BCUT2D eigenvalue weighted by atomic mass is 10.3. The van der Waals surface area contributed by atoms with Crippen LogP contribution in [0.2, 0.25) is 0 Å². The maximum Gasteiger partial charge on any atom is 0.119 e. The van der Waals surface area contributed by atoms with Gasteiger partial charge < -0.3 is 4.74 Å². The summed E-state index contributed by atoms with van der Waals surface area (Å²) < 4.78 is 5.31. The van der Waals surface area contributed by atoms with Crippen molar-refractivity contribution >= 4 is 0 Å². The highest BCUT2D eigenvalue weighted by Gasteiger charge is 2.08.